The van der Waals surface area contributed by atoms with E-state index in [0.717, 1.165) is 18.2 Å². The van der Waals surface area contributed by atoms with Crippen molar-refractivity contribution in [1.29, 1.82) is 0 Å². The van der Waals surface area contributed by atoms with E-state index in [1.165, 1.54) is 50.2 Å². The lowest BCUT2D eigenvalue weighted by atomic mass is 10.1. The summed E-state index contributed by atoms with van der Waals surface area (Å²) < 4.78 is 115. The first-order chi connectivity index (χ1) is 22.3. The Morgan fingerprint density at radius 1 is 0.625 bits per heavy atom. The van der Waals surface area contributed by atoms with Gasteiger partial charge in [0.05, 0.1) is 27.0 Å². The van der Waals surface area contributed by atoms with E-state index >= 15 is 0 Å². The number of hydrogen-bond donors (Lipinski definition) is 5. The van der Waals surface area contributed by atoms with Crippen molar-refractivity contribution in [2.24, 2.45) is 20.5 Å². The largest absolute Gasteiger partial charge is 0.506 e. The Morgan fingerprint density at radius 3 is 1.71 bits per heavy atom. The van der Waals surface area contributed by atoms with Crippen LogP contribution in [0, 0.1) is 0 Å². The van der Waals surface area contributed by atoms with Crippen molar-refractivity contribution in [3.63, 3.8) is 0 Å². The molecule has 0 aromatic heterocycles. The van der Waals surface area contributed by atoms with Gasteiger partial charge in [0.1, 0.15) is 39.3 Å². The average Bonchev–Trinajstić information content (AvgIpc) is 3.02. The van der Waals surface area contributed by atoms with Crippen molar-refractivity contribution in [2.75, 3.05) is 22.7 Å². The molecule has 17 nitrogen and oxygen atoms in total. The van der Waals surface area contributed by atoms with Crippen LogP contribution >= 0.6 is 0 Å². The highest BCUT2D eigenvalue weighted by Crippen LogP contribution is 2.44. The van der Waals surface area contributed by atoms with Crippen LogP contribution in [0.1, 0.15) is 13.8 Å². The molecule has 0 spiro atoms. The predicted octanol–water partition coefficient (Wildman–Crippen LogP) is 5.17. The van der Waals surface area contributed by atoms with E-state index in [1.807, 2.05) is 0 Å². The Bertz CT molecular complexity index is 2430. The second kappa shape index (κ2) is 13.5. The highest BCUT2D eigenvalue weighted by Gasteiger charge is 2.22. The van der Waals surface area contributed by atoms with Crippen LogP contribution in [0.25, 0.3) is 10.8 Å². The summed E-state index contributed by atoms with van der Waals surface area (Å²) >= 11 is 0. The fourth-order valence-electron chi connectivity index (χ4n) is 4.17. The SMILES string of the molecule is CCS(=O)(=O)c1ccc(N=Nc2ccc3c(N=Nc4ccc(S(=O)(=O)CC)cc4S(=O)(=O)O)c(NCS(=O)(=O)O)ccc3c2O)c(O)c1. The van der Waals surface area contributed by atoms with Gasteiger partial charge in [0.15, 0.2) is 25.4 Å². The number of phenolic OH excluding ortho intramolecular Hbond substituents is 2. The van der Waals surface area contributed by atoms with Gasteiger partial charge >= 0.3 is 0 Å². The fourth-order valence-corrected chi connectivity index (χ4v) is 7.03. The zero-order valence-corrected chi connectivity index (χ0v) is 28.1. The number of fused-ring (bicyclic) bond motifs is 1. The molecule has 0 bridgehead atoms. The van der Waals surface area contributed by atoms with Crippen molar-refractivity contribution in [3.05, 3.63) is 60.7 Å². The molecule has 0 aliphatic rings. The van der Waals surface area contributed by atoms with Crippen LogP contribution in [0.2, 0.25) is 0 Å². The predicted molar refractivity (Wildman–Crippen MR) is 174 cm³/mol. The molecule has 0 fully saturated rings. The van der Waals surface area contributed by atoms with Crippen LogP contribution < -0.4 is 5.32 Å². The molecule has 0 aliphatic heterocycles. The number of azo groups is 2. The van der Waals surface area contributed by atoms with Gasteiger partial charge < -0.3 is 15.5 Å². The third-order valence-electron chi connectivity index (χ3n) is 6.73. The van der Waals surface area contributed by atoms with Crippen LogP contribution in [0.4, 0.5) is 28.4 Å². The summed E-state index contributed by atoms with van der Waals surface area (Å²) in [6.07, 6.45) is 0. The van der Waals surface area contributed by atoms with Gasteiger partial charge in [-0.2, -0.15) is 16.8 Å². The number of phenols is 2. The Hall–Kier alpha value is -4.54. The Labute approximate surface area is 275 Å². The van der Waals surface area contributed by atoms with Crippen LogP contribution in [0.3, 0.4) is 0 Å². The maximum absolute atomic E-state index is 12.3. The number of anilines is 1. The molecule has 5 N–H and O–H groups in total. The van der Waals surface area contributed by atoms with Crippen LogP contribution in [-0.4, -0.2) is 70.4 Å². The van der Waals surface area contributed by atoms with Gasteiger partial charge in [0.2, 0.25) is 0 Å². The summed E-state index contributed by atoms with van der Waals surface area (Å²) in [6, 6.07) is 11.4. The summed E-state index contributed by atoms with van der Waals surface area (Å²) in [6.45, 7) is 2.78. The third kappa shape index (κ3) is 8.11. The highest BCUT2D eigenvalue weighted by molar-refractivity contribution is 7.91. The third-order valence-corrected chi connectivity index (χ3v) is 11.6. The summed E-state index contributed by atoms with van der Waals surface area (Å²) in [7, 11) is -17.1. The monoisotopic (exact) mass is 741 g/mol. The molecule has 0 heterocycles. The molecular weight excluding hydrogens is 715 g/mol. The minimum Gasteiger partial charge on any atom is -0.506 e. The molecule has 4 aromatic rings. The molecule has 0 saturated heterocycles. The average molecular weight is 742 g/mol. The Balaban J connectivity index is 1.84. The molecule has 4 aromatic carbocycles. The van der Waals surface area contributed by atoms with E-state index < -0.39 is 72.8 Å². The minimum absolute atomic E-state index is 0.0470. The lowest BCUT2D eigenvalue weighted by Gasteiger charge is -2.12. The first-order valence-electron chi connectivity index (χ1n) is 13.5. The van der Waals surface area contributed by atoms with E-state index in [9.17, 15) is 53.0 Å². The number of benzene rings is 4. The van der Waals surface area contributed by atoms with Gasteiger partial charge in [-0.3, -0.25) is 9.11 Å². The molecular formula is C27H27N5O12S4. The minimum atomic E-state index is -5.02. The molecule has 256 valence electrons. The number of nitrogens with zero attached hydrogens (tertiary/aromatic N) is 4. The molecule has 21 heteroatoms. The van der Waals surface area contributed by atoms with Crippen LogP contribution in [0.15, 0.2) is 95.8 Å². The summed E-state index contributed by atoms with van der Waals surface area (Å²) in [5.41, 5.74) is -0.987. The summed E-state index contributed by atoms with van der Waals surface area (Å²) in [4.78, 5) is -1.41. The maximum atomic E-state index is 12.3. The van der Waals surface area contributed by atoms with Crippen LogP contribution in [-0.2, 0) is 39.9 Å². The standard InChI is InChI=1S/C27H27N5O12S4/c1-3-45(35,36)16-5-9-20(24(33)13-16)29-31-23-12-7-18-19(27(23)34)8-11-22(28-15-47(39,40)41)26(18)32-30-21-10-6-17(46(37,38)4-2)14-25(21)48(42,43)44/h5-14,28,33-34H,3-4,15H2,1-2H3,(H,39,40,41)(H,42,43,44). The van der Waals surface area contributed by atoms with Crippen molar-refractivity contribution in [1.82, 2.24) is 0 Å². The van der Waals surface area contributed by atoms with Gasteiger partial charge in [-0.25, -0.2) is 16.8 Å². The van der Waals surface area contributed by atoms with Gasteiger partial charge in [-0.1, -0.05) is 13.8 Å². The zero-order valence-electron chi connectivity index (χ0n) is 24.9. The summed E-state index contributed by atoms with van der Waals surface area (Å²) in [5, 5.41) is 39.6. The molecule has 4 rings (SSSR count). The van der Waals surface area contributed by atoms with Crippen molar-refractivity contribution in [2.45, 2.75) is 28.5 Å². The van der Waals surface area contributed by atoms with Gasteiger partial charge in [-0.05, 0) is 54.6 Å². The number of sulfone groups is 2. The maximum Gasteiger partial charge on any atom is 0.296 e. The van der Waals surface area contributed by atoms with Crippen molar-refractivity contribution < 1.29 is 53.0 Å². The quantitative estimate of drug-likeness (QED) is 0.0926. The first kappa shape index (κ1) is 36.3. The number of rotatable bonds is 12. The van der Waals surface area contributed by atoms with Gasteiger partial charge in [-0.15, -0.1) is 20.5 Å². The van der Waals surface area contributed by atoms with E-state index in [2.05, 4.69) is 25.8 Å². The fraction of sp³-hybridized carbons (Fsp3) is 0.185. The Kier molecular flexibility index (Phi) is 10.2. The lowest BCUT2D eigenvalue weighted by molar-refractivity contribution is 0.473. The topological polar surface area (TPSA) is 279 Å². The van der Waals surface area contributed by atoms with Crippen molar-refractivity contribution >= 4 is 79.1 Å². The zero-order chi connectivity index (χ0) is 35.7. The molecule has 0 aliphatic carbocycles. The molecule has 0 unspecified atom stereocenters. The second-order valence-corrected chi connectivity index (χ2v) is 17.3. The van der Waals surface area contributed by atoms with E-state index in [0.29, 0.717) is 6.07 Å². The smallest absolute Gasteiger partial charge is 0.296 e. The number of aromatic hydroxyl groups is 2. The van der Waals surface area contributed by atoms with E-state index in [1.54, 1.807) is 0 Å². The Morgan fingerprint density at radius 2 is 1.15 bits per heavy atom. The number of hydrogen-bond acceptors (Lipinski definition) is 15. The molecule has 0 atom stereocenters. The first-order valence-corrected chi connectivity index (χ1v) is 19.8. The van der Waals surface area contributed by atoms with Crippen LogP contribution in [0.5, 0.6) is 11.5 Å². The molecule has 0 radical (unpaired) electrons. The second-order valence-electron chi connectivity index (χ2n) is 9.86. The molecule has 48 heavy (non-hydrogen) atoms. The number of nitrogens with one attached hydrogen (secondary N) is 1. The summed E-state index contributed by atoms with van der Waals surface area (Å²) in [5.74, 6) is -2.51. The molecule has 0 saturated carbocycles. The van der Waals surface area contributed by atoms with E-state index in [-0.39, 0.29) is 49.9 Å². The van der Waals surface area contributed by atoms with Gasteiger partial charge in [0.25, 0.3) is 20.2 Å². The van der Waals surface area contributed by atoms with E-state index in [4.69, 9.17) is 0 Å². The lowest BCUT2D eigenvalue weighted by Crippen LogP contribution is -2.13. The molecule has 0 amide bonds. The van der Waals surface area contributed by atoms with Gasteiger partial charge in [0, 0.05) is 16.8 Å². The highest BCUT2D eigenvalue weighted by atomic mass is 32.2. The van der Waals surface area contributed by atoms with Crippen molar-refractivity contribution in [3.8, 4) is 11.5 Å². The normalized spacial score (nSPS) is 13.1.